The van der Waals surface area contributed by atoms with E-state index in [4.69, 9.17) is 16.3 Å². The van der Waals surface area contributed by atoms with Crippen LogP contribution in [-0.4, -0.2) is 18.9 Å². The predicted octanol–water partition coefficient (Wildman–Crippen LogP) is 4.65. The molecule has 2 aliphatic heterocycles. The number of Topliss-reactive ketones (excluding diaryl/α,β-unsaturated/α-hetero) is 1. The van der Waals surface area contributed by atoms with Crippen LogP contribution in [0.5, 0.6) is 5.75 Å². The number of methoxy groups -OCH3 is 1. The van der Waals surface area contributed by atoms with Crippen molar-refractivity contribution >= 4 is 23.1 Å². The van der Waals surface area contributed by atoms with E-state index < -0.39 is 0 Å². The minimum Gasteiger partial charge on any atom is -0.497 e. The highest BCUT2D eigenvalue weighted by atomic mass is 35.5. The highest BCUT2D eigenvalue weighted by Gasteiger charge is 2.47. The summed E-state index contributed by atoms with van der Waals surface area (Å²) in [5.74, 6) is 1.31. The normalized spacial score (nSPS) is 25.8. The van der Waals surface area contributed by atoms with E-state index >= 15 is 0 Å². The lowest BCUT2D eigenvalue weighted by Gasteiger charge is -2.52. The van der Waals surface area contributed by atoms with Gasteiger partial charge in [-0.1, -0.05) is 23.7 Å². The summed E-state index contributed by atoms with van der Waals surface area (Å²) in [6.45, 7) is 0. The van der Waals surface area contributed by atoms with Crippen LogP contribution in [-0.2, 0) is 4.79 Å². The Labute approximate surface area is 147 Å². The van der Waals surface area contributed by atoms with E-state index in [9.17, 15) is 4.79 Å². The van der Waals surface area contributed by atoms with Crippen LogP contribution in [0, 0.1) is 5.92 Å². The summed E-state index contributed by atoms with van der Waals surface area (Å²) < 4.78 is 5.27. The molecular weight excluding hydrogens is 322 g/mol. The van der Waals surface area contributed by atoms with Crippen LogP contribution in [0.25, 0.3) is 0 Å². The van der Waals surface area contributed by atoms with Crippen molar-refractivity contribution in [3.63, 3.8) is 0 Å². The third kappa shape index (κ3) is 2.57. The van der Waals surface area contributed by atoms with Crippen LogP contribution < -0.4 is 9.64 Å². The molecule has 1 aliphatic carbocycles. The predicted molar refractivity (Wildman–Crippen MR) is 95.8 cm³/mol. The number of carbonyl (C=O) groups excluding carboxylic acids is 1. The first-order valence-electron chi connectivity index (χ1n) is 8.38. The van der Waals surface area contributed by atoms with Crippen LogP contribution in [0.3, 0.4) is 0 Å². The largest absolute Gasteiger partial charge is 0.497 e. The van der Waals surface area contributed by atoms with Gasteiger partial charge in [0.1, 0.15) is 11.5 Å². The van der Waals surface area contributed by atoms with Crippen molar-refractivity contribution in [2.75, 3.05) is 12.0 Å². The van der Waals surface area contributed by atoms with Gasteiger partial charge >= 0.3 is 0 Å². The molecule has 3 aliphatic rings. The summed E-state index contributed by atoms with van der Waals surface area (Å²) in [5.41, 5.74) is 2.32. The third-order valence-corrected chi connectivity index (χ3v) is 5.57. The third-order valence-electron chi connectivity index (χ3n) is 5.32. The van der Waals surface area contributed by atoms with Gasteiger partial charge < -0.3 is 9.64 Å². The van der Waals surface area contributed by atoms with E-state index in [1.165, 1.54) is 0 Å². The van der Waals surface area contributed by atoms with Crippen molar-refractivity contribution in [2.45, 2.75) is 31.3 Å². The molecule has 2 aromatic carbocycles. The number of fused-ring (bicyclic) bond motifs is 3. The van der Waals surface area contributed by atoms with Gasteiger partial charge in [-0.25, -0.2) is 0 Å². The van der Waals surface area contributed by atoms with Gasteiger partial charge in [0.05, 0.1) is 13.2 Å². The number of piperidine rings is 2. The Morgan fingerprint density at radius 1 is 1.04 bits per heavy atom. The number of nitrogens with zero attached hydrogens (tertiary/aromatic N) is 1. The average molecular weight is 342 g/mol. The monoisotopic (exact) mass is 341 g/mol. The van der Waals surface area contributed by atoms with Gasteiger partial charge in [0, 0.05) is 29.1 Å². The maximum absolute atomic E-state index is 12.5. The molecule has 2 heterocycles. The number of carbonyl (C=O) groups is 1. The van der Waals surface area contributed by atoms with Gasteiger partial charge in [0.2, 0.25) is 0 Å². The quantitative estimate of drug-likeness (QED) is 0.814. The Morgan fingerprint density at radius 3 is 2.38 bits per heavy atom. The number of hydrogen-bond acceptors (Lipinski definition) is 3. The molecule has 3 fully saturated rings. The molecule has 2 saturated heterocycles. The Hall–Kier alpha value is -2.00. The van der Waals surface area contributed by atoms with Crippen LogP contribution in [0.15, 0.2) is 48.5 Å². The van der Waals surface area contributed by atoms with Crippen LogP contribution >= 0.6 is 11.6 Å². The van der Waals surface area contributed by atoms with E-state index in [0.717, 1.165) is 34.9 Å². The van der Waals surface area contributed by atoms with Crippen molar-refractivity contribution in [3.8, 4) is 5.75 Å². The molecule has 0 spiro atoms. The number of anilines is 1. The molecule has 2 aromatic rings. The van der Waals surface area contributed by atoms with Gasteiger partial charge in [-0.05, 0) is 54.8 Å². The second-order valence-corrected chi connectivity index (χ2v) is 7.05. The van der Waals surface area contributed by atoms with Gasteiger partial charge in [0.15, 0.2) is 0 Å². The molecule has 3 atom stereocenters. The number of ether oxygens (including phenoxy) is 1. The Balaban J connectivity index is 1.76. The number of halogens is 1. The molecule has 0 aromatic heterocycles. The molecule has 1 saturated carbocycles. The lowest BCUT2D eigenvalue weighted by molar-refractivity contribution is -0.128. The van der Waals surface area contributed by atoms with Gasteiger partial charge in [-0.3, -0.25) is 4.79 Å². The molecule has 0 unspecified atom stereocenters. The van der Waals surface area contributed by atoms with Gasteiger partial charge in [-0.2, -0.15) is 0 Å². The fraction of sp³-hybridized carbons (Fsp3) is 0.350. The molecular formula is C20H20ClNO2. The van der Waals surface area contributed by atoms with E-state index in [0.29, 0.717) is 12.2 Å². The smallest absolute Gasteiger partial charge is 0.140 e. The van der Waals surface area contributed by atoms with Crippen molar-refractivity contribution in [3.05, 3.63) is 59.1 Å². The zero-order chi connectivity index (χ0) is 16.7. The zero-order valence-electron chi connectivity index (χ0n) is 13.6. The molecule has 24 heavy (non-hydrogen) atoms. The first kappa shape index (κ1) is 15.5. The van der Waals surface area contributed by atoms with Crippen LogP contribution in [0.4, 0.5) is 5.69 Å². The minimum atomic E-state index is 0.0678. The molecule has 0 amide bonds. The highest BCUT2D eigenvalue weighted by molar-refractivity contribution is 6.30. The van der Waals surface area contributed by atoms with E-state index in [-0.39, 0.29) is 18.0 Å². The second-order valence-electron chi connectivity index (χ2n) is 6.61. The average Bonchev–Trinajstić information content (AvgIpc) is 2.62. The summed E-state index contributed by atoms with van der Waals surface area (Å²) in [5, 5.41) is 0.724. The van der Waals surface area contributed by atoms with E-state index in [1.807, 2.05) is 24.3 Å². The first-order valence-corrected chi connectivity index (χ1v) is 8.76. The number of hydrogen-bond donors (Lipinski definition) is 0. The number of benzene rings is 2. The second kappa shape index (κ2) is 6.14. The summed E-state index contributed by atoms with van der Waals surface area (Å²) in [4.78, 5) is 14.9. The van der Waals surface area contributed by atoms with Crippen molar-refractivity contribution in [1.29, 1.82) is 0 Å². The van der Waals surface area contributed by atoms with Crippen molar-refractivity contribution in [2.24, 2.45) is 5.92 Å². The molecule has 124 valence electrons. The first-order chi connectivity index (χ1) is 11.7. The molecule has 5 rings (SSSR count). The maximum atomic E-state index is 12.5. The lowest BCUT2D eigenvalue weighted by Crippen LogP contribution is -2.54. The molecule has 3 nitrogen and oxygen atoms in total. The van der Waals surface area contributed by atoms with Gasteiger partial charge in [0.25, 0.3) is 0 Å². The summed E-state index contributed by atoms with van der Waals surface area (Å²) in [6.07, 6.45) is 2.71. The molecule has 0 radical (unpaired) electrons. The summed E-state index contributed by atoms with van der Waals surface area (Å²) >= 11 is 6.05. The SMILES string of the molecule is COc1ccc(N2[C@H]3CC[C@H](C(=O)C3)[C@@H]2c2ccc(Cl)cc2)cc1. The summed E-state index contributed by atoms with van der Waals surface area (Å²) in [6, 6.07) is 16.4. The number of rotatable bonds is 3. The summed E-state index contributed by atoms with van der Waals surface area (Å²) in [7, 11) is 1.67. The fourth-order valence-corrected chi connectivity index (χ4v) is 4.32. The molecule has 2 bridgehead atoms. The molecule has 4 heteroatoms. The Kier molecular flexibility index (Phi) is 3.97. The highest BCUT2D eigenvalue weighted by Crippen LogP contribution is 2.48. The lowest BCUT2D eigenvalue weighted by atomic mass is 9.71. The fourth-order valence-electron chi connectivity index (χ4n) is 4.19. The number of ketones is 1. The van der Waals surface area contributed by atoms with Crippen LogP contribution in [0.1, 0.15) is 30.9 Å². The van der Waals surface area contributed by atoms with E-state index in [1.54, 1.807) is 7.11 Å². The minimum absolute atomic E-state index is 0.0678. The van der Waals surface area contributed by atoms with E-state index in [2.05, 4.69) is 29.2 Å². The van der Waals surface area contributed by atoms with Gasteiger partial charge in [-0.15, -0.1) is 0 Å². The maximum Gasteiger partial charge on any atom is 0.140 e. The Bertz CT molecular complexity index is 741. The zero-order valence-corrected chi connectivity index (χ0v) is 14.4. The topological polar surface area (TPSA) is 29.5 Å². The standard InChI is InChI=1S/C20H20ClNO2/c1-24-17-9-6-15(7-10-17)22-16-8-11-18(19(23)12-16)20(22)13-2-4-14(21)5-3-13/h2-7,9-10,16,18,20H,8,11-12H2,1H3/t16-,18+,20-/m0/s1. The Morgan fingerprint density at radius 2 is 1.75 bits per heavy atom. The van der Waals surface area contributed by atoms with Crippen molar-refractivity contribution < 1.29 is 9.53 Å². The van der Waals surface area contributed by atoms with Crippen molar-refractivity contribution in [1.82, 2.24) is 0 Å². The van der Waals surface area contributed by atoms with Crippen LogP contribution in [0.2, 0.25) is 5.02 Å². The molecule has 0 N–H and O–H groups in total.